The molecule has 0 spiro atoms. The van der Waals surface area contributed by atoms with Crippen LogP contribution >= 0.6 is 0 Å². The van der Waals surface area contributed by atoms with Crippen LogP contribution in [0.4, 0.5) is 0 Å². The number of rotatable bonds is 3. The van der Waals surface area contributed by atoms with Gasteiger partial charge in [0.2, 0.25) is 0 Å². The molecule has 2 atom stereocenters. The second-order valence-corrected chi connectivity index (χ2v) is 9.59. The largest absolute Gasteiger partial charge is 0.311 e. The van der Waals surface area contributed by atoms with E-state index in [0.29, 0.717) is 22.9 Å². The SMILES string of the molecule is CCC1CN(C2CC(C)(C)CC(C)(C)C2)C(C(C)C)CN1. The van der Waals surface area contributed by atoms with Crippen LogP contribution in [-0.2, 0) is 0 Å². The zero-order valence-electron chi connectivity index (χ0n) is 15.5. The zero-order valence-corrected chi connectivity index (χ0v) is 15.5. The molecule has 2 fully saturated rings. The summed E-state index contributed by atoms with van der Waals surface area (Å²) in [6.07, 6.45) is 5.36. The molecule has 1 saturated heterocycles. The first-order chi connectivity index (χ1) is 9.63. The summed E-state index contributed by atoms with van der Waals surface area (Å²) < 4.78 is 0. The van der Waals surface area contributed by atoms with Gasteiger partial charge in [0.05, 0.1) is 0 Å². The molecule has 2 unspecified atom stereocenters. The molecule has 2 rings (SSSR count). The van der Waals surface area contributed by atoms with Gasteiger partial charge in [-0.05, 0) is 42.4 Å². The summed E-state index contributed by atoms with van der Waals surface area (Å²) in [7, 11) is 0. The quantitative estimate of drug-likeness (QED) is 0.835. The third-order valence-electron chi connectivity index (χ3n) is 5.74. The maximum absolute atomic E-state index is 3.77. The van der Waals surface area contributed by atoms with E-state index in [1.54, 1.807) is 0 Å². The molecule has 0 aromatic rings. The van der Waals surface area contributed by atoms with Gasteiger partial charge in [-0.25, -0.2) is 0 Å². The molecule has 1 aliphatic carbocycles. The van der Waals surface area contributed by atoms with Crippen LogP contribution < -0.4 is 5.32 Å². The Kier molecular flexibility index (Phi) is 5.10. The highest BCUT2D eigenvalue weighted by molar-refractivity contribution is 4.98. The Bertz CT molecular complexity index is 329. The minimum Gasteiger partial charge on any atom is -0.311 e. The van der Waals surface area contributed by atoms with Crippen LogP contribution in [-0.4, -0.2) is 36.1 Å². The van der Waals surface area contributed by atoms with Crippen molar-refractivity contribution in [3.05, 3.63) is 0 Å². The Morgan fingerprint density at radius 1 is 1.10 bits per heavy atom. The predicted octanol–water partition coefficient (Wildman–Crippen LogP) is 4.30. The Labute approximate surface area is 133 Å². The van der Waals surface area contributed by atoms with Gasteiger partial charge in [0, 0.05) is 31.2 Å². The molecule has 0 amide bonds. The Balaban J connectivity index is 2.18. The fourth-order valence-corrected chi connectivity index (χ4v) is 5.19. The fraction of sp³-hybridized carbons (Fsp3) is 1.00. The third kappa shape index (κ3) is 4.22. The van der Waals surface area contributed by atoms with Crippen molar-refractivity contribution < 1.29 is 0 Å². The molecule has 1 saturated carbocycles. The maximum atomic E-state index is 3.77. The van der Waals surface area contributed by atoms with Crippen LogP contribution in [0.25, 0.3) is 0 Å². The summed E-state index contributed by atoms with van der Waals surface area (Å²) in [5, 5.41) is 3.77. The fourth-order valence-electron chi connectivity index (χ4n) is 5.19. The number of hydrogen-bond donors (Lipinski definition) is 1. The van der Waals surface area contributed by atoms with Crippen molar-refractivity contribution in [1.82, 2.24) is 10.2 Å². The molecule has 1 heterocycles. The maximum Gasteiger partial charge on any atom is 0.0247 e. The summed E-state index contributed by atoms with van der Waals surface area (Å²) in [6.45, 7) is 19.4. The van der Waals surface area contributed by atoms with Crippen molar-refractivity contribution in [3.63, 3.8) is 0 Å². The van der Waals surface area contributed by atoms with Crippen LogP contribution in [0.2, 0.25) is 0 Å². The van der Waals surface area contributed by atoms with Gasteiger partial charge >= 0.3 is 0 Å². The Morgan fingerprint density at radius 2 is 1.67 bits per heavy atom. The number of nitrogens with one attached hydrogen (secondary N) is 1. The predicted molar refractivity (Wildman–Crippen MR) is 92.6 cm³/mol. The summed E-state index contributed by atoms with van der Waals surface area (Å²) in [5.41, 5.74) is 0.973. The standard InChI is InChI=1S/C19H38N2/c1-8-15-12-21(17(11-20-15)14(2)3)16-9-18(4,5)13-19(6,7)10-16/h14-17,20H,8-13H2,1-7H3. The van der Waals surface area contributed by atoms with E-state index in [2.05, 4.69) is 58.7 Å². The summed E-state index contributed by atoms with van der Waals surface area (Å²) in [4.78, 5) is 2.89. The molecular weight excluding hydrogens is 256 g/mol. The molecule has 2 aliphatic rings. The molecular formula is C19H38N2. The van der Waals surface area contributed by atoms with Crippen LogP contribution in [0.5, 0.6) is 0 Å². The first-order valence-electron chi connectivity index (χ1n) is 9.13. The Morgan fingerprint density at radius 3 is 2.14 bits per heavy atom. The molecule has 1 N–H and O–H groups in total. The summed E-state index contributed by atoms with van der Waals surface area (Å²) in [5.74, 6) is 0.739. The lowest BCUT2D eigenvalue weighted by atomic mass is 9.63. The minimum atomic E-state index is 0.487. The van der Waals surface area contributed by atoms with Gasteiger partial charge < -0.3 is 5.32 Å². The van der Waals surface area contributed by atoms with Crippen molar-refractivity contribution in [3.8, 4) is 0 Å². The normalized spacial score (nSPS) is 34.3. The van der Waals surface area contributed by atoms with E-state index in [9.17, 15) is 0 Å². The molecule has 2 heteroatoms. The van der Waals surface area contributed by atoms with Gasteiger partial charge in [-0.2, -0.15) is 0 Å². The van der Waals surface area contributed by atoms with Gasteiger partial charge in [-0.3, -0.25) is 4.90 Å². The first-order valence-corrected chi connectivity index (χ1v) is 9.13. The van der Waals surface area contributed by atoms with Crippen LogP contribution in [0.1, 0.15) is 74.1 Å². The van der Waals surface area contributed by atoms with E-state index in [4.69, 9.17) is 0 Å². The molecule has 1 aliphatic heterocycles. The van der Waals surface area contributed by atoms with Gasteiger partial charge in [0.25, 0.3) is 0 Å². The zero-order chi connectivity index (χ0) is 15.8. The number of piperazine rings is 1. The van der Waals surface area contributed by atoms with Crippen molar-refractivity contribution in [2.45, 2.75) is 92.3 Å². The lowest BCUT2D eigenvalue weighted by molar-refractivity contribution is -0.0238. The van der Waals surface area contributed by atoms with E-state index in [0.717, 1.165) is 12.0 Å². The summed E-state index contributed by atoms with van der Waals surface area (Å²) in [6, 6.07) is 2.17. The Hall–Kier alpha value is -0.0800. The molecule has 0 bridgehead atoms. The monoisotopic (exact) mass is 294 g/mol. The minimum absolute atomic E-state index is 0.487. The van der Waals surface area contributed by atoms with E-state index in [-0.39, 0.29) is 0 Å². The first kappa shape index (κ1) is 17.3. The van der Waals surface area contributed by atoms with Crippen LogP contribution in [0, 0.1) is 16.7 Å². The molecule has 0 aromatic carbocycles. The van der Waals surface area contributed by atoms with Gasteiger partial charge in [0.1, 0.15) is 0 Å². The van der Waals surface area contributed by atoms with Crippen molar-refractivity contribution in [1.29, 1.82) is 0 Å². The van der Waals surface area contributed by atoms with E-state index in [1.807, 2.05) is 0 Å². The van der Waals surface area contributed by atoms with E-state index >= 15 is 0 Å². The molecule has 2 nitrogen and oxygen atoms in total. The molecule has 0 radical (unpaired) electrons. The second kappa shape index (κ2) is 6.20. The average molecular weight is 295 g/mol. The van der Waals surface area contributed by atoms with Crippen molar-refractivity contribution >= 4 is 0 Å². The van der Waals surface area contributed by atoms with Gasteiger partial charge in [-0.15, -0.1) is 0 Å². The number of nitrogens with zero attached hydrogens (tertiary/aromatic N) is 1. The topological polar surface area (TPSA) is 15.3 Å². The van der Waals surface area contributed by atoms with Gasteiger partial charge in [-0.1, -0.05) is 48.5 Å². The number of hydrogen-bond acceptors (Lipinski definition) is 2. The summed E-state index contributed by atoms with van der Waals surface area (Å²) >= 11 is 0. The highest BCUT2D eigenvalue weighted by atomic mass is 15.3. The van der Waals surface area contributed by atoms with Crippen LogP contribution in [0.15, 0.2) is 0 Å². The highest BCUT2D eigenvalue weighted by Crippen LogP contribution is 2.47. The average Bonchev–Trinajstić information content (AvgIpc) is 2.34. The molecule has 124 valence electrons. The molecule has 21 heavy (non-hydrogen) atoms. The smallest absolute Gasteiger partial charge is 0.0247 e. The highest BCUT2D eigenvalue weighted by Gasteiger charge is 2.43. The third-order valence-corrected chi connectivity index (χ3v) is 5.74. The van der Waals surface area contributed by atoms with Crippen LogP contribution in [0.3, 0.4) is 0 Å². The van der Waals surface area contributed by atoms with E-state index in [1.165, 1.54) is 38.8 Å². The van der Waals surface area contributed by atoms with Gasteiger partial charge in [0.15, 0.2) is 0 Å². The second-order valence-electron chi connectivity index (χ2n) is 9.59. The van der Waals surface area contributed by atoms with Crippen molar-refractivity contribution in [2.75, 3.05) is 13.1 Å². The lowest BCUT2D eigenvalue weighted by Crippen LogP contribution is -2.62. The van der Waals surface area contributed by atoms with Crippen molar-refractivity contribution in [2.24, 2.45) is 16.7 Å². The van der Waals surface area contributed by atoms with E-state index < -0.39 is 0 Å². The lowest BCUT2D eigenvalue weighted by Gasteiger charge is -2.53. The molecule has 0 aromatic heterocycles.